The summed E-state index contributed by atoms with van der Waals surface area (Å²) >= 11 is 0. The maximum Gasteiger partial charge on any atom is 0.257 e. The van der Waals surface area contributed by atoms with E-state index < -0.39 is 0 Å². The van der Waals surface area contributed by atoms with Gasteiger partial charge >= 0.3 is 0 Å². The molecule has 0 fully saturated rings. The standard InChI is InChI=1S/C30H30N4O3/c1-32-24-12-6-5-11-23(24)30(36)34-17-15-22-21-10-4-7-13-25(21)33(28(22)29(32)34)18-16-27(35)31-19-20-9-3-8-14-26(20)37-2/h3-14,29H,15-19H2,1-2H3,(H,31,35). The molecule has 37 heavy (non-hydrogen) atoms. The van der Waals surface area contributed by atoms with Gasteiger partial charge in [-0.1, -0.05) is 48.5 Å². The fraction of sp³-hybridized carbons (Fsp3) is 0.267. The first-order valence-corrected chi connectivity index (χ1v) is 12.7. The molecule has 2 amide bonds. The highest BCUT2D eigenvalue weighted by molar-refractivity contribution is 6.02. The average molecular weight is 495 g/mol. The van der Waals surface area contributed by atoms with E-state index in [2.05, 4.69) is 40.0 Å². The van der Waals surface area contributed by atoms with Crippen molar-refractivity contribution in [1.82, 2.24) is 14.8 Å². The van der Waals surface area contributed by atoms with Crippen LogP contribution in [0.25, 0.3) is 10.9 Å². The van der Waals surface area contributed by atoms with Crippen molar-refractivity contribution in [2.45, 2.75) is 32.1 Å². The third-order valence-corrected chi connectivity index (χ3v) is 7.64. The van der Waals surface area contributed by atoms with Gasteiger partial charge < -0.3 is 24.4 Å². The van der Waals surface area contributed by atoms with Crippen LogP contribution < -0.4 is 15.0 Å². The third-order valence-electron chi connectivity index (χ3n) is 7.64. The van der Waals surface area contributed by atoms with Crippen molar-refractivity contribution < 1.29 is 14.3 Å². The van der Waals surface area contributed by atoms with Gasteiger partial charge in [0.25, 0.3) is 5.91 Å². The van der Waals surface area contributed by atoms with Gasteiger partial charge in [0.2, 0.25) is 5.91 Å². The van der Waals surface area contributed by atoms with Crippen LogP contribution in [-0.4, -0.2) is 42.0 Å². The number of rotatable bonds is 6. The summed E-state index contributed by atoms with van der Waals surface area (Å²) in [6.45, 7) is 1.61. The number of aryl methyl sites for hydroxylation is 1. The van der Waals surface area contributed by atoms with E-state index in [-0.39, 0.29) is 18.0 Å². The monoisotopic (exact) mass is 494 g/mol. The number of nitrogens with one attached hydrogen (secondary N) is 1. The summed E-state index contributed by atoms with van der Waals surface area (Å²) in [5.41, 5.74) is 6.10. The average Bonchev–Trinajstić information content (AvgIpc) is 3.27. The molecule has 2 aliphatic rings. The topological polar surface area (TPSA) is 66.8 Å². The minimum atomic E-state index is -0.213. The smallest absolute Gasteiger partial charge is 0.257 e. The van der Waals surface area contributed by atoms with E-state index in [1.165, 1.54) is 10.9 Å². The molecule has 4 aromatic rings. The minimum Gasteiger partial charge on any atom is -0.496 e. The van der Waals surface area contributed by atoms with Crippen LogP contribution in [0.3, 0.4) is 0 Å². The molecule has 3 heterocycles. The zero-order valence-corrected chi connectivity index (χ0v) is 21.1. The molecule has 188 valence electrons. The van der Waals surface area contributed by atoms with Crippen LogP contribution in [0.1, 0.15) is 39.8 Å². The van der Waals surface area contributed by atoms with E-state index in [1.807, 2.05) is 59.5 Å². The molecule has 6 rings (SSSR count). The third kappa shape index (κ3) is 3.82. The summed E-state index contributed by atoms with van der Waals surface area (Å²) in [6.07, 6.45) is 0.915. The predicted molar refractivity (Wildman–Crippen MR) is 144 cm³/mol. The second kappa shape index (κ2) is 9.32. The van der Waals surface area contributed by atoms with E-state index in [1.54, 1.807) is 7.11 Å². The van der Waals surface area contributed by atoms with Gasteiger partial charge in [0, 0.05) is 49.6 Å². The van der Waals surface area contributed by atoms with E-state index in [0.717, 1.165) is 40.2 Å². The number of carbonyl (C=O) groups excluding carboxylic acids is 2. The number of para-hydroxylation sites is 3. The Bertz CT molecular complexity index is 1510. The normalized spacial score (nSPS) is 16.3. The number of nitrogens with zero attached hydrogens (tertiary/aromatic N) is 3. The van der Waals surface area contributed by atoms with Gasteiger partial charge in [-0.2, -0.15) is 0 Å². The number of methoxy groups -OCH3 is 1. The van der Waals surface area contributed by atoms with E-state index in [0.29, 0.717) is 26.1 Å². The Labute approximate surface area is 216 Å². The van der Waals surface area contributed by atoms with Gasteiger partial charge in [-0.15, -0.1) is 0 Å². The SMILES string of the molecule is COc1ccccc1CNC(=O)CCn1c2c(c3ccccc31)CCN1C(=O)c3ccccc3N(C)C21. The molecule has 1 N–H and O–H groups in total. The van der Waals surface area contributed by atoms with Crippen LogP contribution in [0.15, 0.2) is 72.8 Å². The Morgan fingerprint density at radius 2 is 1.78 bits per heavy atom. The molecule has 1 unspecified atom stereocenters. The second-order valence-corrected chi connectivity index (χ2v) is 9.62. The van der Waals surface area contributed by atoms with Crippen LogP contribution in [0.2, 0.25) is 0 Å². The fourth-order valence-electron chi connectivity index (χ4n) is 5.89. The van der Waals surface area contributed by atoms with Crippen molar-refractivity contribution in [3.63, 3.8) is 0 Å². The van der Waals surface area contributed by atoms with Crippen molar-refractivity contribution in [2.75, 3.05) is 25.6 Å². The predicted octanol–water partition coefficient (Wildman–Crippen LogP) is 4.50. The maximum absolute atomic E-state index is 13.5. The molecule has 3 aromatic carbocycles. The van der Waals surface area contributed by atoms with Crippen molar-refractivity contribution >= 4 is 28.4 Å². The minimum absolute atomic E-state index is 0.0245. The summed E-state index contributed by atoms with van der Waals surface area (Å²) in [7, 11) is 3.69. The fourth-order valence-corrected chi connectivity index (χ4v) is 5.89. The van der Waals surface area contributed by atoms with Gasteiger partial charge in [0.05, 0.1) is 24.1 Å². The molecule has 0 aliphatic carbocycles. The zero-order chi connectivity index (χ0) is 25.5. The number of ether oxygens (including phenoxy) is 1. The second-order valence-electron chi connectivity index (χ2n) is 9.62. The number of fused-ring (bicyclic) bond motifs is 6. The quantitative estimate of drug-likeness (QED) is 0.429. The van der Waals surface area contributed by atoms with Gasteiger partial charge in [0.15, 0.2) is 0 Å². The Morgan fingerprint density at radius 1 is 1.03 bits per heavy atom. The van der Waals surface area contributed by atoms with Gasteiger partial charge in [-0.05, 0) is 36.2 Å². The van der Waals surface area contributed by atoms with Crippen LogP contribution >= 0.6 is 0 Å². The Balaban J connectivity index is 1.31. The van der Waals surface area contributed by atoms with Gasteiger partial charge in [0.1, 0.15) is 11.9 Å². The Kier molecular flexibility index (Phi) is 5.83. The first-order chi connectivity index (χ1) is 18.1. The lowest BCUT2D eigenvalue weighted by Gasteiger charge is -2.46. The number of hydrogen-bond donors (Lipinski definition) is 1. The number of amides is 2. The lowest BCUT2D eigenvalue weighted by atomic mass is 9.96. The Hall–Kier alpha value is -4.26. The molecule has 2 aliphatic heterocycles. The van der Waals surface area contributed by atoms with E-state index in [9.17, 15) is 9.59 Å². The first kappa shape index (κ1) is 23.2. The molecule has 0 saturated heterocycles. The van der Waals surface area contributed by atoms with Crippen molar-refractivity contribution in [3.05, 3.63) is 95.2 Å². The maximum atomic E-state index is 13.5. The summed E-state index contributed by atoms with van der Waals surface area (Å²) in [5, 5.41) is 4.24. The largest absolute Gasteiger partial charge is 0.496 e. The highest BCUT2D eigenvalue weighted by Crippen LogP contribution is 2.44. The summed E-state index contributed by atoms with van der Waals surface area (Å²) < 4.78 is 7.66. The van der Waals surface area contributed by atoms with Crippen LogP contribution in [0, 0.1) is 0 Å². The van der Waals surface area contributed by atoms with Crippen molar-refractivity contribution in [2.24, 2.45) is 0 Å². The lowest BCUT2D eigenvalue weighted by molar-refractivity contribution is -0.121. The lowest BCUT2D eigenvalue weighted by Crippen LogP contribution is -2.51. The number of aromatic nitrogens is 1. The Morgan fingerprint density at radius 3 is 2.65 bits per heavy atom. The molecular weight excluding hydrogens is 464 g/mol. The summed E-state index contributed by atoms with van der Waals surface area (Å²) in [5.74, 6) is 0.804. The number of anilines is 1. The molecule has 0 bridgehead atoms. The zero-order valence-electron chi connectivity index (χ0n) is 21.1. The molecule has 0 saturated carbocycles. The first-order valence-electron chi connectivity index (χ1n) is 12.7. The summed E-state index contributed by atoms with van der Waals surface area (Å²) in [4.78, 5) is 30.6. The van der Waals surface area contributed by atoms with Crippen LogP contribution in [-0.2, 0) is 24.3 Å². The van der Waals surface area contributed by atoms with E-state index in [4.69, 9.17) is 4.74 Å². The van der Waals surface area contributed by atoms with Crippen LogP contribution in [0.5, 0.6) is 5.75 Å². The molecule has 1 atom stereocenters. The molecule has 7 heteroatoms. The highest BCUT2D eigenvalue weighted by atomic mass is 16.5. The van der Waals surface area contributed by atoms with E-state index >= 15 is 0 Å². The number of benzene rings is 3. The van der Waals surface area contributed by atoms with Gasteiger partial charge in [-0.3, -0.25) is 9.59 Å². The number of carbonyl (C=O) groups is 2. The molecule has 0 radical (unpaired) electrons. The highest BCUT2D eigenvalue weighted by Gasteiger charge is 2.42. The van der Waals surface area contributed by atoms with Crippen molar-refractivity contribution in [1.29, 1.82) is 0 Å². The van der Waals surface area contributed by atoms with Crippen molar-refractivity contribution in [3.8, 4) is 5.75 Å². The van der Waals surface area contributed by atoms with Crippen LogP contribution in [0.4, 0.5) is 5.69 Å². The summed E-state index contributed by atoms with van der Waals surface area (Å²) in [6, 6.07) is 23.9. The molecule has 1 aromatic heterocycles. The molecule has 7 nitrogen and oxygen atoms in total. The molecular formula is C30H30N4O3. The molecule has 0 spiro atoms. The van der Waals surface area contributed by atoms with Gasteiger partial charge in [-0.25, -0.2) is 0 Å². The number of hydrogen-bond acceptors (Lipinski definition) is 4.